The maximum Gasteiger partial charge on any atom is 0.243 e. The Morgan fingerprint density at radius 3 is 2.47 bits per heavy atom. The zero-order chi connectivity index (χ0) is 23.8. The van der Waals surface area contributed by atoms with E-state index in [1.54, 1.807) is 12.1 Å². The molecule has 3 heterocycles. The lowest BCUT2D eigenvalue weighted by Gasteiger charge is -2.26. The summed E-state index contributed by atoms with van der Waals surface area (Å²) in [5.74, 6) is -0.242. The van der Waals surface area contributed by atoms with Crippen molar-refractivity contribution in [3.63, 3.8) is 0 Å². The van der Waals surface area contributed by atoms with Gasteiger partial charge in [0.1, 0.15) is 0 Å². The second kappa shape index (κ2) is 12.3. The second-order valence-electron chi connectivity index (χ2n) is 8.75. The zero-order valence-corrected chi connectivity index (χ0v) is 20.3. The topological polar surface area (TPSA) is 115 Å². The molecule has 34 heavy (non-hydrogen) atoms. The van der Waals surface area contributed by atoms with Crippen molar-refractivity contribution in [1.29, 1.82) is 0 Å². The number of benzene rings is 1. The molecule has 0 aliphatic carbocycles. The van der Waals surface area contributed by atoms with E-state index < -0.39 is 10.0 Å². The Kier molecular flexibility index (Phi) is 9.15. The van der Waals surface area contributed by atoms with Crippen LogP contribution in [-0.4, -0.2) is 90.1 Å². The fraction of sp³-hybridized carbons (Fsp3) is 0.696. The molecule has 3 fully saturated rings. The summed E-state index contributed by atoms with van der Waals surface area (Å²) < 4.78 is 49.7. The number of hydrogen-bond acceptors (Lipinski definition) is 8. The number of carbonyl (C=O) groups is 1. The molecule has 0 bridgehead atoms. The maximum atomic E-state index is 13.1. The van der Waals surface area contributed by atoms with Crippen LogP contribution in [0.5, 0.6) is 0 Å². The largest absolute Gasteiger partial charge is 0.381 e. The number of amides is 1. The van der Waals surface area contributed by atoms with Gasteiger partial charge < -0.3 is 29.6 Å². The highest BCUT2D eigenvalue weighted by molar-refractivity contribution is 7.89. The van der Waals surface area contributed by atoms with E-state index in [4.69, 9.17) is 18.9 Å². The fourth-order valence-corrected chi connectivity index (χ4v) is 5.71. The predicted octanol–water partition coefficient (Wildman–Crippen LogP) is 1.82. The number of ether oxygens (including phenoxy) is 4. The van der Waals surface area contributed by atoms with Crippen LogP contribution in [-0.2, 0) is 33.8 Å². The minimum absolute atomic E-state index is 0.103. The van der Waals surface area contributed by atoms with Gasteiger partial charge in [-0.05, 0) is 43.9 Å². The lowest BCUT2D eigenvalue weighted by molar-refractivity contribution is -0.117. The molecule has 2 atom stereocenters. The van der Waals surface area contributed by atoms with Crippen molar-refractivity contribution in [1.82, 2.24) is 4.31 Å². The van der Waals surface area contributed by atoms with Crippen LogP contribution < -0.4 is 10.6 Å². The average molecular weight is 498 g/mol. The van der Waals surface area contributed by atoms with Crippen molar-refractivity contribution >= 4 is 27.3 Å². The number of rotatable bonds is 11. The number of nitrogens with one attached hydrogen (secondary N) is 2. The first-order valence-electron chi connectivity index (χ1n) is 12.1. The van der Waals surface area contributed by atoms with Gasteiger partial charge in [-0.2, -0.15) is 4.31 Å². The van der Waals surface area contributed by atoms with Gasteiger partial charge in [0.2, 0.25) is 15.9 Å². The molecule has 2 N–H and O–H groups in total. The molecule has 3 aliphatic rings. The molecule has 10 nitrogen and oxygen atoms in total. The summed E-state index contributed by atoms with van der Waals surface area (Å²) >= 11 is 0. The molecule has 0 radical (unpaired) electrons. The number of morpholine rings is 1. The Hall–Kier alpha value is -1.76. The Balaban J connectivity index is 1.41. The van der Waals surface area contributed by atoms with Crippen LogP contribution in [0.4, 0.5) is 11.4 Å². The van der Waals surface area contributed by atoms with E-state index in [-0.39, 0.29) is 36.0 Å². The molecule has 11 heteroatoms. The molecule has 3 saturated heterocycles. The monoisotopic (exact) mass is 497 g/mol. The first-order chi connectivity index (χ1) is 16.5. The Labute approximate surface area is 201 Å². The first-order valence-corrected chi connectivity index (χ1v) is 13.5. The Bertz CT molecular complexity index is 909. The van der Waals surface area contributed by atoms with Crippen molar-refractivity contribution in [3.05, 3.63) is 18.2 Å². The van der Waals surface area contributed by atoms with Crippen molar-refractivity contribution in [2.75, 3.05) is 69.9 Å². The number of carbonyl (C=O) groups excluding carboxylic acids is 1. The third kappa shape index (κ3) is 6.89. The molecule has 2 unspecified atom stereocenters. The summed E-state index contributed by atoms with van der Waals surface area (Å²) in [5, 5.41) is 6.18. The number of sulfonamides is 1. The van der Waals surface area contributed by atoms with Crippen molar-refractivity contribution in [2.45, 2.75) is 49.2 Å². The summed E-state index contributed by atoms with van der Waals surface area (Å²) in [4.78, 5) is 12.8. The van der Waals surface area contributed by atoms with Crippen LogP contribution in [0.2, 0.25) is 0 Å². The fourth-order valence-electron chi connectivity index (χ4n) is 4.27. The van der Waals surface area contributed by atoms with Gasteiger partial charge >= 0.3 is 0 Å². The van der Waals surface area contributed by atoms with Crippen molar-refractivity contribution in [3.8, 4) is 0 Å². The standard InChI is InChI=1S/C23H35N3O7S/c27-23(7-12-31-17-19-4-2-11-33-19)25-22-15-20(34(28,29)26-8-13-30-14-9-26)5-6-21(22)24-16-18-3-1-10-32-18/h5-6,15,18-19,24H,1-4,7-14,16-17H2,(H,25,27). The molecule has 1 aromatic carbocycles. The van der Waals surface area contributed by atoms with Gasteiger partial charge in [0.15, 0.2) is 0 Å². The van der Waals surface area contributed by atoms with Gasteiger partial charge in [-0.3, -0.25) is 4.79 Å². The second-order valence-corrected chi connectivity index (χ2v) is 10.7. The van der Waals surface area contributed by atoms with Crippen LogP contribution in [0.25, 0.3) is 0 Å². The average Bonchev–Trinajstić information content (AvgIpc) is 3.56. The molecule has 4 rings (SSSR count). The molecule has 1 amide bonds. The van der Waals surface area contributed by atoms with E-state index in [1.165, 1.54) is 10.4 Å². The highest BCUT2D eigenvalue weighted by atomic mass is 32.2. The summed E-state index contributed by atoms with van der Waals surface area (Å²) in [6, 6.07) is 4.79. The SMILES string of the molecule is O=C(CCOCC1CCCO1)Nc1cc(S(=O)(=O)N2CCOCC2)ccc1NCC1CCCO1. The van der Waals surface area contributed by atoms with E-state index in [1.807, 2.05) is 0 Å². The summed E-state index contributed by atoms with van der Waals surface area (Å²) in [7, 11) is -3.69. The molecule has 1 aromatic rings. The van der Waals surface area contributed by atoms with E-state index in [9.17, 15) is 13.2 Å². The van der Waals surface area contributed by atoms with E-state index in [0.717, 1.165) is 38.9 Å². The molecule has 0 aromatic heterocycles. The smallest absolute Gasteiger partial charge is 0.243 e. The highest BCUT2D eigenvalue weighted by Crippen LogP contribution is 2.28. The molecular formula is C23H35N3O7S. The molecule has 0 saturated carbocycles. The number of hydrogen-bond donors (Lipinski definition) is 2. The van der Waals surface area contributed by atoms with Crippen molar-refractivity contribution in [2.24, 2.45) is 0 Å². The van der Waals surface area contributed by atoms with Gasteiger partial charge in [0.05, 0.1) is 61.3 Å². The minimum atomic E-state index is -3.69. The molecule has 190 valence electrons. The molecule has 0 spiro atoms. The lowest BCUT2D eigenvalue weighted by atomic mass is 10.2. The zero-order valence-electron chi connectivity index (χ0n) is 19.5. The van der Waals surface area contributed by atoms with E-state index in [0.29, 0.717) is 50.8 Å². The van der Waals surface area contributed by atoms with Gasteiger partial charge in [-0.25, -0.2) is 8.42 Å². The summed E-state index contributed by atoms with van der Waals surface area (Å²) in [5.41, 5.74) is 1.08. The van der Waals surface area contributed by atoms with Crippen LogP contribution in [0.3, 0.4) is 0 Å². The van der Waals surface area contributed by atoms with Gasteiger partial charge in [-0.15, -0.1) is 0 Å². The third-order valence-electron chi connectivity index (χ3n) is 6.22. The van der Waals surface area contributed by atoms with E-state index in [2.05, 4.69) is 10.6 Å². The van der Waals surface area contributed by atoms with E-state index >= 15 is 0 Å². The maximum absolute atomic E-state index is 13.1. The van der Waals surface area contributed by atoms with Crippen LogP contribution in [0.1, 0.15) is 32.1 Å². The quantitative estimate of drug-likeness (QED) is 0.445. The number of anilines is 2. The van der Waals surface area contributed by atoms with Crippen LogP contribution in [0, 0.1) is 0 Å². The van der Waals surface area contributed by atoms with Crippen LogP contribution >= 0.6 is 0 Å². The van der Waals surface area contributed by atoms with Crippen LogP contribution in [0.15, 0.2) is 23.1 Å². The molecule has 3 aliphatic heterocycles. The van der Waals surface area contributed by atoms with Gasteiger partial charge in [-0.1, -0.05) is 0 Å². The van der Waals surface area contributed by atoms with Crippen molar-refractivity contribution < 1.29 is 32.2 Å². The van der Waals surface area contributed by atoms with Gasteiger partial charge in [0.25, 0.3) is 0 Å². The number of nitrogens with zero attached hydrogens (tertiary/aromatic N) is 1. The normalized spacial score (nSPS) is 23.8. The first kappa shape index (κ1) is 25.3. The third-order valence-corrected chi connectivity index (χ3v) is 8.11. The predicted molar refractivity (Wildman–Crippen MR) is 127 cm³/mol. The van der Waals surface area contributed by atoms with Gasteiger partial charge in [0, 0.05) is 32.8 Å². The Morgan fingerprint density at radius 2 is 1.76 bits per heavy atom. The summed E-state index contributed by atoms with van der Waals surface area (Å²) in [6.07, 6.45) is 4.40. The highest BCUT2D eigenvalue weighted by Gasteiger charge is 2.27. The molecular weight excluding hydrogens is 462 g/mol. The summed E-state index contributed by atoms with van der Waals surface area (Å²) in [6.45, 7) is 4.22. The minimum Gasteiger partial charge on any atom is -0.381 e. The Morgan fingerprint density at radius 1 is 1.03 bits per heavy atom. The lowest BCUT2D eigenvalue weighted by Crippen LogP contribution is -2.40.